The van der Waals surface area contributed by atoms with E-state index in [1.165, 1.54) is 4.90 Å². The fourth-order valence-electron chi connectivity index (χ4n) is 5.28. The van der Waals surface area contributed by atoms with Crippen LogP contribution in [0.3, 0.4) is 0 Å². The molecule has 0 saturated heterocycles. The average molecular weight is 755 g/mol. The highest BCUT2D eigenvalue weighted by Gasteiger charge is 2.34. The van der Waals surface area contributed by atoms with E-state index in [9.17, 15) is 29.7 Å². The summed E-state index contributed by atoms with van der Waals surface area (Å²) in [6, 6.07) is 20.2. The van der Waals surface area contributed by atoms with Crippen LogP contribution in [-0.2, 0) is 26.4 Å². The Morgan fingerprint density at radius 2 is 1.20 bits per heavy atom. The molecular weight excluding hydrogens is 705 g/mol. The molecule has 0 spiro atoms. The fraction of sp³-hybridized carbons (Fsp3) is 0.400. The van der Waals surface area contributed by atoms with E-state index in [-0.39, 0.29) is 38.8 Å². The number of nitrogens with zero attached hydrogens (tertiary/aromatic N) is 1. The third kappa shape index (κ3) is 15.0. The van der Waals surface area contributed by atoms with Gasteiger partial charge in [0.15, 0.2) is 8.32 Å². The molecule has 0 fully saturated rings. The Hall–Kier alpha value is -4.04. The van der Waals surface area contributed by atoms with Crippen molar-refractivity contribution in [2.75, 3.05) is 60.9 Å². The normalized spacial score (nSPS) is 11.5. The molecule has 0 aliphatic carbocycles. The van der Waals surface area contributed by atoms with Crippen LogP contribution in [0.25, 0.3) is 0 Å². The van der Waals surface area contributed by atoms with Gasteiger partial charge in [-0.25, -0.2) is 14.4 Å². The monoisotopic (exact) mass is 754 g/mol. The number of benzene rings is 3. The summed E-state index contributed by atoms with van der Waals surface area (Å²) in [6.07, 6.45) is 0.285. The number of carbonyl (C=O) groups is 3. The van der Waals surface area contributed by atoms with Gasteiger partial charge in [0.05, 0.1) is 35.2 Å². The number of rotatable bonds is 18. The van der Waals surface area contributed by atoms with E-state index in [0.29, 0.717) is 45.7 Å². The topological polar surface area (TPSA) is 179 Å². The second-order valence-corrected chi connectivity index (χ2v) is 22.6. The van der Waals surface area contributed by atoms with Crippen molar-refractivity contribution in [3.63, 3.8) is 0 Å². The number of ether oxygens (including phenoxy) is 2. The molecule has 0 saturated carbocycles. The van der Waals surface area contributed by atoms with Crippen LogP contribution in [0.4, 0.5) is 31.4 Å². The van der Waals surface area contributed by atoms with Crippen molar-refractivity contribution in [1.82, 2.24) is 4.90 Å². The molecule has 51 heavy (non-hydrogen) atoms. The molecule has 4 amide bonds. The maximum absolute atomic E-state index is 13.0. The van der Waals surface area contributed by atoms with Crippen molar-refractivity contribution in [2.24, 2.45) is 0 Å². The molecule has 0 aliphatic rings. The third-order valence-corrected chi connectivity index (χ3v) is 13.8. The average Bonchev–Trinajstić information content (AvgIpc) is 3.06. The van der Waals surface area contributed by atoms with Crippen LogP contribution in [0.15, 0.2) is 66.7 Å². The van der Waals surface area contributed by atoms with Crippen molar-refractivity contribution in [3.8, 4) is 0 Å². The molecule has 3 aromatic carbocycles. The molecule has 276 valence electrons. The summed E-state index contributed by atoms with van der Waals surface area (Å²) in [5, 5.41) is 36.7. The molecule has 0 aliphatic heterocycles. The number of aliphatic hydroxyl groups excluding tert-OH is 3. The van der Waals surface area contributed by atoms with Crippen LogP contribution in [0.5, 0.6) is 0 Å². The van der Waals surface area contributed by atoms with Crippen LogP contribution < -0.4 is 16.0 Å². The Bertz CT molecular complexity index is 1600. The molecule has 3 aromatic rings. The van der Waals surface area contributed by atoms with Crippen LogP contribution in [-0.4, -0.2) is 110 Å². The van der Waals surface area contributed by atoms with E-state index < -0.39 is 34.9 Å². The van der Waals surface area contributed by atoms with E-state index in [1.807, 2.05) is 87.3 Å². The number of carbonyl (C=O) groups excluding carboxylic acids is 3. The smallest absolute Gasteiger partial charge is 0.411 e. The summed E-state index contributed by atoms with van der Waals surface area (Å²) in [5.41, 5.74) is 5.30. The molecule has 6 N–H and O–H groups in total. The lowest BCUT2D eigenvalue weighted by molar-refractivity contribution is 0.167. The van der Waals surface area contributed by atoms with Gasteiger partial charge in [-0.3, -0.25) is 10.6 Å². The molecule has 16 heteroatoms. The second kappa shape index (κ2) is 20.1. The minimum absolute atomic E-state index is 0.0193. The Morgan fingerprint density at radius 3 is 1.73 bits per heavy atom. The molecule has 13 nitrogen and oxygen atoms in total. The van der Waals surface area contributed by atoms with Gasteiger partial charge in [-0.1, -0.05) is 36.9 Å². The van der Waals surface area contributed by atoms with E-state index >= 15 is 0 Å². The number of hydrogen-bond donors (Lipinski definition) is 6. The molecule has 3 rings (SSSR count). The molecule has 2 radical (unpaired) electrons. The first-order valence-corrected chi connectivity index (χ1v) is 24.6. The highest BCUT2D eigenvalue weighted by Crippen LogP contribution is 2.24. The summed E-state index contributed by atoms with van der Waals surface area (Å²) < 4.78 is 17.0. The largest absolute Gasteiger partial charge is 0.454 e. The third-order valence-electron chi connectivity index (χ3n) is 7.33. The van der Waals surface area contributed by atoms with Crippen molar-refractivity contribution < 1.29 is 43.3 Å². The first kappa shape index (κ1) is 41.4. The summed E-state index contributed by atoms with van der Waals surface area (Å²) in [6.45, 7) is 9.42. The zero-order valence-electron chi connectivity index (χ0n) is 30.0. The van der Waals surface area contributed by atoms with Crippen LogP contribution in [0, 0.1) is 0 Å². The number of anilines is 3. The van der Waals surface area contributed by atoms with E-state index in [4.69, 9.17) is 13.6 Å². The van der Waals surface area contributed by atoms with Crippen LogP contribution >= 0.6 is 0 Å². The summed E-state index contributed by atoms with van der Waals surface area (Å²) in [5.74, 6) is 0. The highest BCUT2D eigenvalue weighted by molar-refractivity contribution is 6.84. The van der Waals surface area contributed by atoms with Gasteiger partial charge in [-0.05, 0) is 97.7 Å². The highest BCUT2D eigenvalue weighted by atomic mass is 28.4. The summed E-state index contributed by atoms with van der Waals surface area (Å²) >= 11 is 0. The van der Waals surface area contributed by atoms with Gasteiger partial charge in [0.1, 0.15) is 6.23 Å². The predicted molar refractivity (Wildman–Crippen MR) is 204 cm³/mol. The summed E-state index contributed by atoms with van der Waals surface area (Å²) in [4.78, 5) is 39.2. The quantitative estimate of drug-likeness (QED) is 0.0977. The molecule has 0 bridgehead atoms. The zero-order chi connectivity index (χ0) is 37.4. The molecule has 0 atom stereocenters. The first-order chi connectivity index (χ1) is 24.2. The number of urea groups is 1. The maximum atomic E-state index is 13.0. The minimum Gasteiger partial charge on any atom is -0.454 e. The van der Waals surface area contributed by atoms with Crippen molar-refractivity contribution >= 4 is 61.4 Å². The zero-order valence-corrected chi connectivity index (χ0v) is 33.0. The van der Waals surface area contributed by atoms with Crippen molar-refractivity contribution in [2.45, 2.75) is 45.6 Å². The van der Waals surface area contributed by atoms with Crippen LogP contribution in [0.1, 0.15) is 22.3 Å². The van der Waals surface area contributed by atoms with Gasteiger partial charge in [0, 0.05) is 30.2 Å². The molecule has 0 unspecified atom stereocenters. The lowest BCUT2D eigenvalue weighted by atomic mass is 9.98. The van der Waals surface area contributed by atoms with E-state index in [2.05, 4.69) is 16.0 Å². The van der Waals surface area contributed by atoms with Gasteiger partial charge in [0.2, 0.25) is 8.32 Å². The van der Waals surface area contributed by atoms with Gasteiger partial charge < -0.3 is 39.1 Å². The Kier molecular flexibility index (Phi) is 16.3. The molecule has 0 heterocycles. The Morgan fingerprint density at radius 1 is 0.686 bits per heavy atom. The van der Waals surface area contributed by atoms with Crippen LogP contribution in [0.2, 0.25) is 32.7 Å². The van der Waals surface area contributed by atoms with E-state index in [0.717, 1.165) is 22.3 Å². The standard InChI is InChI=1S/C35H50N4O9Si3/c1-49-24-46-34(44)37-31-11-7-9-27(20-31)17-29-18-28(16-26-8-6-10-30(19-26)36-33(43)39(12-14-40)13-15-41)21-32(22-29)38-35(45)47-25-51(4,5)48-50(2,3)23-42/h6-11,18-22,40-42H,12-17,23-25H2,1-5H3,(H,36,43)(H,37,44)(H,38,45). The van der Waals surface area contributed by atoms with Gasteiger partial charge >= 0.3 is 18.2 Å². The van der Waals surface area contributed by atoms with Gasteiger partial charge in [-0.15, -0.1) is 0 Å². The number of aliphatic hydroxyl groups is 3. The van der Waals surface area contributed by atoms with Crippen molar-refractivity contribution in [3.05, 3.63) is 89.0 Å². The van der Waals surface area contributed by atoms with Gasteiger partial charge in [0.25, 0.3) is 0 Å². The first-order valence-electron chi connectivity index (χ1n) is 16.7. The number of amides is 4. The number of hydrogen-bond acceptors (Lipinski definition) is 9. The van der Waals surface area contributed by atoms with Crippen molar-refractivity contribution in [1.29, 1.82) is 0 Å². The maximum Gasteiger partial charge on any atom is 0.411 e. The fourth-order valence-corrected chi connectivity index (χ4v) is 12.5. The molecule has 0 aromatic heterocycles. The SMILES string of the molecule is C[Si]COC(=O)Nc1cccc(Cc2cc(Cc3cccc(NC(=O)N(CCO)CCO)c3)cc(NC(=O)OC[Si](C)(C)O[Si](C)(C)CO)c2)c1. The number of nitrogens with one attached hydrogen (secondary N) is 3. The van der Waals surface area contributed by atoms with Gasteiger partial charge in [-0.2, -0.15) is 0 Å². The minimum atomic E-state index is -2.40. The lowest BCUT2D eigenvalue weighted by Crippen LogP contribution is -2.50. The predicted octanol–water partition coefficient (Wildman–Crippen LogP) is 4.99. The van der Waals surface area contributed by atoms with E-state index in [1.54, 1.807) is 12.1 Å². The molecular formula is C35H50N4O9Si3. The second-order valence-electron chi connectivity index (χ2n) is 13.2. The Balaban J connectivity index is 1.84. The lowest BCUT2D eigenvalue weighted by Gasteiger charge is -2.32. The Labute approximate surface area is 304 Å². The summed E-state index contributed by atoms with van der Waals surface area (Å²) in [7, 11) is -4.17.